The Morgan fingerprint density at radius 3 is 2.79 bits per heavy atom. The zero-order chi connectivity index (χ0) is 13.6. The van der Waals surface area contributed by atoms with Gasteiger partial charge >= 0.3 is 0 Å². The lowest BCUT2D eigenvalue weighted by atomic mass is 9.84. The lowest BCUT2D eigenvalue weighted by Crippen LogP contribution is -2.40. The zero-order valence-corrected chi connectivity index (χ0v) is 12.0. The number of fused-ring (bicyclic) bond motifs is 2. The van der Waals surface area contributed by atoms with E-state index in [0.717, 1.165) is 17.5 Å². The predicted octanol–water partition coefficient (Wildman–Crippen LogP) is 2.28. The normalized spacial score (nSPS) is 30.6. The zero-order valence-electron chi connectivity index (χ0n) is 12.0. The van der Waals surface area contributed by atoms with Crippen molar-refractivity contribution in [2.75, 3.05) is 0 Å². The quantitative estimate of drug-likeness (QED) is 0.907. The molecule has 2 saturated carbocycles. The summed E-state index contributed by atoms with van der Waals surface area (Å²) in [5.74, 6) is 2.48. The van der Waals surface area contributed by atoms with Crippen LogP contribution in [0.5, 0.6) is 0 Å². The molecule has 3 rings (SSSR count). The second-order valence-electron chi connectivity index (χ2n) is 6.37. The number of rotatable bonds is 3. The molecular formula is C15H23N3O. The van der Waals surface area contributed by atoms with Crippen LogP contribution in [0.25, 0.3) is 0 Å². The first-order chi connectivity index (χ1) is 9.06. The maximum absolute atomic E-state index is 12.3. The summed E-state index contributed by atoms with van der Waals surface area (Å²) in [4.78, 5) is 12.3. The minimum atomic E-state index is 0.0286. The van der Waals surface area contributed by atoms with Gasteiger partial charge in [0.1, 0.15) is 0 Å². The Hall–Kier alpha value is -1.32. The average Bonchev–Trinajstić information content (AvgIpc) is 3.06. The van der Waals surface area contributed by atoms with Crippen LogP contribution in [0.15, 0.2) is 6.20 Å². The van der Waals surface area contributed by atoms with Gasteiger partial charge in [0.05, 0.1) is 11.8 Å². The third-order valence-electron chi connectivity index (χ3n) is 5.27. The van der Waals surface area contributed by atoms with E-state index in [1.165, 1.54) is 25.7 Å². The Bertz CT molecular complexity index is 494. The molecule has 0 radical (unpaired) electrons. The number of nitrogens with zero attached hydrogens (tertiary/aromatic N) is 2. The van der Waals surface area contributed by atoms with Crippen molar-refractivity contribution >= 4 is 5.91 Å². The highest BCUT2D eigenvalue weighted by atomic mass is 16.1. The number of amides is 1. The summed E-state index contributed by atoms with van der Waals surface area (Å²) in [6.07, 6.45) is 7.12. The van der Waals surface area contributed by atoms with Crippen LogP contribution in [0.1, 0.15) is 48.7 Å². The van der Waals surface area contributed by atoms with Gasteiger partial charge in [-0.25, -0.2) is 0 Å². The third-order valence-corrected chi connectivity index (χ3v) is 5.27. The molecule has 1 amide bonds. The highest BCUT2D eigenvalue weighted by molar-refractivity contribution is 5.95. The first kappa shape index (κ1) is 12.7. The van der Waals surface area contributed by atoms with Crippen LogP contribution in [-0.4, -0.2) is 21.7 Å². The fraction of sp³-hybridized carbons (Fsp3) is 0.733. The van der Waals surface area contributed by atoms with E-state index in [-0.39, 0.29) is 11.9 Å². The maximum atomic E-state index is 12.3. The number of aryl methyl sites for hydroxylation is 1. The second-order valence-corrected chi connectivity index (χ2v) is 6.37. The van der Waals surface area contributed by atoms with Gasteiger partial charge in [0, 0.05) is 18.8 Å². The molecule has 1 heterocycles. The van der Waals surface area contributed by atoms with Crippen molar-refractivity contribution in [2.24, 2.45) is 24.8 Å². The number of hydrogen-bond donors (Lipinski definition) is 1. The number of nitrogens with one attached hydrogen (secondary N) is 1. The van der Waals surface area contributed by atoms with Crippen molar-refractivity contribution in [3.8, 4) is 0 Å². The summed E-state index contributed by atoms with van der Waals surface area (Å²) in [5, 5.41) is 7.32. The van der Waals surface area contributed by atoms with Gasteiger partial charge in [0.15, 0.2) is 0 Å². The summed E-state index contributed by atoms with van der Waals surface area (Å²) >= 11 is 0. The van der Waals surface area contributed by atoms with Gasteiger partial charge in [-0.05, 0) is 50.9 Å². The minimum Gasteiger partial charge on any atom is -0.349 e. The molecule has 0 aliphatic heterocycles. The largest absolute Gasteiger partial charge is 0.349 e. The van der Waals surface area contributed by atoms with E-state index in [9.17, 15) is 4.79 Å². The molecule has 4 heteroatoms. The first-order valence-electron chi connectivity index (χ1n) is 7.35. The molecule has 1 N–H and O–H groups in total. The molecule has 2 aliphatic carbocycles. The number of hydrogen-bond acceptors (Lipinski definition) is 2. The lowest BCUT2D eigenvalue weighted by Gasteiger charge is -2.28. The summed E-state index contributed by atoms with van der Waals surface area (Å²) < 4.78 is 1.75. The van der Waals surface area contributed by atoms with Crippen molar-refractivity contribution in [2.45, 2.75) is 45.6 Å². The van der Waals surface area contributed by atoms with E-state index in [2.05, 4.69) is 17.3 Å². The molecule has 104 valence electrons. The first-order valence-corrected chi connectivity index (χ1v) is 7.35. The monoisotopic (exact) mass is 261 g/mol. The van der Waals surface area contributed by atoms with Crippen LogP contribution in [0.4, 0.5) is 0 Å². The second kappa shape index (κ2) is 4.66. The van der Waals surface area contributed by atoms with Crippen molar-refractivity contribution in [3.63, 3.8) is 0 Å². The molecule has 1 aromatic rings. The summed E-state index contributed by atoms with van der Waals surface area (Å²) in [7, 11) is 1.87. The number of carbonyl (C=O) groups is 1. The molecule has 4 nitrogen and oxygen atoms in total. The van der Waals surface area contributed by atoms with Gasteiger partial charge < -0.3 is 5.32 Å². The topological polar surface area (TPSA) is 46.9 Å². The van der Waals surface area contributed by atoms with Crippen LogP contribution in [-0.2, 0) is 7.05 Å². The highest BCUT2D eigenvalue weighted by Gasteiger charge is 2.42. The molecule has 0 unspecified atom stereocenters. The third kappa shape index (κ3) is 2.17. The van der Waals surface area contributed by atoms with E-state index in [4.69, 9.17) is 0 Å². The van der Waals surface area contributed by atoms with Gasteiger partial charge in [0.25, 0.3) is 5.91 Å². The Morgan fingerprint density at radius 1 is 1.47 bits per heavy atom. The van der Waals surface area contributed by atoms with Gasteiger partial charge in [-0.15, -0.1) is 0 Å². The SMILES string of the molecule is Cc1c(C(=O)N[C@@H](C)[C@H]2C[C@H]3CC[C@H]2C3)cnn1C. The predicted molar refractivity (Wildman–Crippen MR) is 73.8 cm³/mol. The molecule has 0 spiro atoms. The summed E-state index contributed by atoms with van der Waals surface area (Å²) in [5.41, 5.74) is 1.63. The number of aromatic nitrogens is 2. The Balaban J connectivity index is 1.65. The Labute approximate surface area is 114 Å². The van der Waals surface area contributed by atoms with E-state index < -0.39 is 0 Å². The van der Waals surface area contributed by atoms with Crippen LogP contribution in [0.2, 0.25) is 0 Å². The van der Waals surface area contributed by atoms with E-state index in [0.29, 0.717) is 11.5 Å². The molecule has 2 bridgehead atoms. The molecular weight excluding hydrogens is 238 g/mol. The van der Waals surface area contributed by atoms with E-state index in [1.54, 1.807) is 10.9 Å². The van der Waals surface area contributed by atoms with Crippen LogP contribution >= 0.6 is 0 Å². The van der Waals surface area contributed by atoms with Crippen LogP contribution in [0, 0.1) is 24.7 Å². The van der Waals surface area contributed by atoms with Crippen molar-refractivity contribution in [1.29, 1.82) is 0 Å². The van der Waals surface area contributed by atoms with Gasteiger partial charge in [-0.3, -0.25) is 9.48 Å². The summed E-state index contributed by atoms with van der Waals surface area (Å²) in [6.45, 7) is 4.10. The Kier molecular flexibility index (Phi) is 3.11. The molecule has 0 aromatic carbocycles. The molecule has 0 saturated heterocycles. The smallest absolute Gasteiger partial charge is 0.254 e. The van der Waals surface area contributed by atoms with Gasteiger partial charge in [-0.1, -0.05) is 6.42 Å². The lowest BCUT2D eigenvalue weighted by molar-refractivity contribution is 0.0914. The van der Waals surface area contributed by atoms with Gasteiger partial charge in [0.2, 0.25) is 0 Å². The Morgan fingerprint density at radius 2 is 2.26 bits per heavy atom. The van der Waals surface area contributed by atoms with E-state index in [1.807, 2.05) is 14.0 Å². The average molecular weight is 261 g/mol. The van der Waals surface area contributed by atoms with Gasteiger partial charge in [-0.2, -0.15) is 5.10 Å². The summed E-state index contributed by atoms with van der Waals surface area (Å²) in [6, 6.07) is 0.280. The standard InChI is InChI=1S/C15H23N3O/c1-9(13-7-11-4-5-12(13)6-11)17-15(19)14-8-16-18(3)10(14)2/h8-9,11-13H,4-7H2,1-3H3,(H,17,19)/t9-,11-,12-,13+/m0/s1. The number of carbonyl (C=O) groups excluding carboxylic acids is 1. The van der Waals surface area contributed by atoms with Crippen LogP contribution < -0.4 is 5.32 Å². The maximum Gasteiger partial charge on any atom is 0.254 e. The van der Waals surface area contributed by atoms with Crippen molar-refractivity contribution < 1.29 is 4.79 Å². The minimum absolute atomic E-state index is 0.0286. The fourth-order valence-corrected chi connectivity index (χ4v) is 4.02. The van der Waals surface area contributed by atoms with Crippen LogP contribution in [0.3, 0.4) is 0 Å². The molecule has 2 aliphatic rings. The molecule has 19 heavy (non-hydrogen) atoms. The molecule has 4 atom stereocenters. The highest BCUT2D eigenvalue weighted by Crippen LogP contribution is 2.49. The van der Waals surface area contributed by atoms with Crippen molar-refractivity contribution in [3.05, 3.63) is 17.5 Å². The molecule has 2 fully saturated rings. The fourth-order valence-electron chi connectivity index (χ4n) is 4.02. The van der Waals surface area contributed by atoms with E-state index >= 15 is 0 Å². The van der Waals surface area contributed by atoms with Crippen molar-refractivity contribution in [1.82, 2.24) is 15.1 Å². The molecule has 1 aromatic heterocycles.